The minimum atomic E-state index is -0.896. The van der Waals surface area contributed by atoms with Gasteiger partial charge in [0.15, 0.2) is 0 Å². The number of ether oxygens (including phenoxy) is 2. The van der Waals surface area contributed by atoms with E-state index in [1.807, 2.05) is 0 Å². The second-order valence-corrected chi connectivity index (χ2v) is 5.89. The van der Waals surface area contributed by atoms with Crippen molar-refractivity contribution in [2.24, 2.45) is 0 Å². The van der Waals surface area contributed by atoms with Crippen molar-refractivity contribution in [1.82, 2.24) is 5.32 Å². The molecule has 0 fully saturated rings. The number of hydrogen-bond donors (Lipinski definition) is 1. The number of methoxy groups -OCH3 is 2. The second-order valence-electron chi connectivity index (χ2n) is 5.46. The van der Waals surface area contributed by atoms with E-state index in [1.165, 1.54) is 32.4 Å². The maximum atomic E-state index is 12.5. The van der Waals surface area contributed by atoms with Crippen molar-refractivity contribution in [2.45, 2.75) is 12.5 Å². The van der Waals surface area contributed by atoms with Gasteiger partial charge >= 0.3 is 11.9 Å². The molecule has 26 heavy (non-hydrogen) atoms. The lowest BCUT2D eigenvalue weighted by Gasteiger charge is -2.17. The maximum absolute atomic E-state index is 12.5. The van der Waals surface area contributed by atoms with Gasteiger partial charge < -0.3 is 14.8 Å². The van der Waals surface area contributed by atoms with E-state index in [-0.39, 0.29) is 17.5 Å². The molecule has 136 valence electrons. The number of nitrogens with one attached hydrogen (secondary N) is 1. The van der Waals surface area contributed by atoms with Crippen LogP contribution in [0.15, 0.2) is 48.5 Å². The van der Waals surface area contributed by atoms with Gasteiger partial charge in [-0.25, -0.2) is 9.59 Å². The van der Waals surface area contributed by atoms with E-state index in [1.54, 1.807) is 30.3 Å². The summed E-state index contributed by atoms with van der Waals surface area (Å²) in [6, 6.07) is 12.1. The minimum absolute atomic E-state index is 0.218. The standard InChI is InChI=1S/C19H18ClNO5/c1-25-18(23)14-7-4-6-13(11-14)17(22)21-16(19(24)26-2)10-12-5-3-8-15(20)9-12/h3-9,11,16H,10H2,1-2H3,(H,21,22)/t16-/m0/s1. The number of benzene rings is 2. The highest BCUT2D eigenvalue weighted by Gasteiger charge is 2.23. The van der Waals surface area contributed by atoms with Gasteiger partial charge in [-0.15, -0.1) is 0 Å². The lowest BCUT2D eigenvalue weighted by Crippen LogP contribution is -2.43. The molecule has 1 amide bonds. The molecule has 0 saturated heterocycles. The Labute approximate surface area is 156 Å². The van der Waals surface area contributed by atoms with Crippen LogP contribution < -0.4 is 5.32 Å². The van der Waals surface area contributed by atoms with Crippen molar-refractivity contribution in [3.8, 4) is 0 Å². The zero-order chi connectivity index (χ0) is 19.1. The summed E-state index contributed by atoms with van der Waals surface area (Å²) in [4.78, 5) is 36.1. The number of carbonyl (C=O) groups is 3. The Morgan fingerprint density at radius 1 is 1.00 bits per heavy atom. The van der Waals surface area contributed by atoms with E-state index in [0.717, 1.165) is 5.56 Å². The van der Waals surface area contributed by atoms with Crippen molar-refractivity contribution < 1.29 is 23.9 Å². The van der Waals surface area contributed by atoms with Gasteiger partial charge in [-0.3, -0.25) is 4.79 Å². The molecule has 2 rings (SSSR count). The zero-order valence-corrected chi connectivity index (χ0v) is 15.1. The highest BCUT2D eigenvalue weighted by atomic mass is 35.5. The Hall–Kier alpha value is -2.86. The Balaban J connectivity index is 2.18. The largest absolute Gasteiger partial charge is 0.467 e. The zero-order valence-electron chi connectivity index (χ0n) is 14.3. The van der Waals surface area contributed by atoms with Crippen molar-refractivity contribution >= 4 is 29.4 Å². The first-order chi connectivity index (χ1) is 12.4. The van der Waals surface area contributed by atoms with Crippen LogP contribution in [0.25, 0.3) is 0 Å². The van der Waals surface area contributed by atoms with Crippen LogP contribution in [0.5, 0.6) is 0 Å². The fourth-order valence-electron chi connectivity index (χ4n) is 2.38. The fraction of sp³-hybridized carbons (Fsp3) is 0.211. The summed E-state index contributed by atoms with van der Waals surface area (Å²) >= 11 is 5.96. The molecular formula is C19H18ClNO5. The van der Waals surface area contributed by atoms with E-state index < -0.39 is 23.9 Å². The monoisotopic (exact) mass is 375 g/mol. The normalized spacial score (nSPS) is 11.3. The first kappa shape index (κ1) is 19.5. The number of hydrogen-bond acceptors (Lipinski definition) is 5. The molecule has 6 nitrogen and oxygen atoms in total. The Bertz CT molecular complexity index is 821. The topological polar surface area (TPSA) is 81.7 Å². The molecule has 0 radical (unpaired) electrons. The number of carbonyl (C=O) groups excluding carboxylic acids is 3. The molecule has 7 heteroatoms. The number of halogens is 1. The quantitative estimate of drug-likeness (QED) is 0.785. The third-order valence-corrected chi connectivity index (χ3v) is 3.90. The molecule has 0 spiro atoms. The molecule has 0 aromatic heterocycles. The minimum Gasteiger partial charge on any atom is -0.467 e. The first-order valence-corrected chi connectivity index (χ1v) is 8.14. The van der Waals surface area contributed by atoms with Crippen LogP contribution in [-0.2, 0) is 20.7 Å². The van der Waals surface area contributed by atoms with Gasteiger partial charge in [0.2, 0.25) is 0 Å². The smallest absolute Gasteiger partial charge is 0.337 e. The van der Waals surface area contributed by atoms with E-state index in [2.05, 4.69) is 10.1 Å². The summed E-state index contributed by atoms with van der Waals surface area (Å²) in [5.41, 5.74) is 1.24. The fourth-order valence-corrected chi connectivity index (χ4v) is 2.59. The highest BCUT2D eigenvalue weighted by Crippen LogP contribution is 2.13. The summed E-state index contributed by atoms with van der Waals surface area (Å²) in [5, 5.41) is 3.16. The lowest BCUT2D eigenvalue weighted by molar-refractivity contribution is -0.142. The molecule has 1 N–H and O–H groups in total. The van der Waals surface area contributed by atoms with Crippen LogP contribution in [0.1, 0.15) is 26.3 Å². The molecule has 0 heterocycles. The third kappa shape index (κ3) is 5.07. The Morgan fingerprint density at radius 3 is 2.35 bits per heavy atom. The molecule has 0 saturated carbocycles. The number of rotatable bonds is 6. The molecule has 0 aliphatic carbocycles. The number of esters is 2. The van der Waals surface area contributed by atoms with Gasteiger partial charge in [0.25, 0.3) is 5.91 Å². The summed E-state index contributed by atoms with van der Waals surface area (Å²) in [6.45, 7) is 0. The first-order valence-electron chi connectivity index (χ1n) is 7.76. The van der Waals surface area contributed by atoms with E-state index in [0.29, 0.717) is 5.02 Å². The molecule has 2 aromatic rings. The summed E-state index contributed by atoms with van der Waals surface area (Å²) < 4.78 is 9.41. The Morgan fingerprint density at radius 2 is 1.69 bits per heavy atom. The van der Waals surface area contributed by atoms with Crippen LogP contribution in [-0.4, -0.2) is 38.1 Å². The summed E-state index contributed by atoms with van der Waals surface area (Å²) in [5.74, 6) is -1.64. The van der Waals surface area contributed by atoms with Crippen molar-refractivity contribution in [2.75, 3.05) is 14.2 Å². The molecule has 2 aromatic carbocycles. The molecular weight excluding hydrogens is 358 g/mol. The van der Waals surface area contributed by atoms with Crippen LogP contribution >= 0.6 is 11.6 Å². The van der Waals surface area contributed by atoms with Gasteiger partial charge in [-0.2, -0.15) is 0 Å². The van der Waals surface area contributed by atoms with Gasteiger partial charge in [-0.1, -0.05) is 29.8 Å². The van der Waals surface area contributed by atoms with E-state index in [4.69, 9.17) is 16.3 Å². The maximum Gasteiger partial charge on any atom is 0.337 e. The van der Waals surface area contributed by atoms with Crippen molar-refractivity contribution in [3.63, 3.8) is 0 Å². The summed E-state index contributed by atoms with van der Waals surface area (Å²) in [6.07, 6.45) is 0.218. The van der Waals surface area contributed by atoms with Gasteiger partial charge in [-0.05, 0) is 35.9 Å². The van der Waals surface area contributed by atoms with Crippen LogP contribution in [0, 0.1) is 0 Å². The van der Waals surface area contributed by atoms with Crippen LogP contribution in [0.3, 0.4) is 0 Å². The van der Waals surface area contributed by atoms with Crippen molar-refractivity contribution in [3.05, 3.63) is 70.2 Å². The highest BCUT2D eigenvalue weighted by molar-refractivity contribution is 6.30. The number of amides is 1. The van der Waals surface area contributed by atoms with Crippen molar-refractivity contribution in [1.29, 1.82) is 0 Å². The molecule has 0 bridgehead atoms. The average molecular weight is 376 g/mol. The molecule has 0 aliphatic rings. The van der Waals surface area contributed by atoms with Gasteiger partial charge in [0.1, 0.15) is 6.04 Å². The van der Waals surface area contributed by atoms with E-state index in [9.17, 15) is 14.4 Å². The predicted octanol–water partition coefficient (Wildman–Crippen LogP) is 2.64. The predicted molar refractivity (Wildman–Crippen MR) is 96.2 cm³/mol. The van der Waals surface area contributed by atoms with Crippen LogP contribution in [0.4, 0.5) is 0 Å². The second kappa shape index (κ2) is 9.01. The SMILES string of the molecule is COC(=O)c1cccc(C(=O)N[C@@H](Cc2cccc(Cl)c2)C(=O)OC)c1. The lowest BCUT2D eigenvalue weighted by atomic mass is 10.0. The third-order valence-electron chi connectivity index (χ3n) is 3.67. The van der Waals surface area contributed by atoms with E-state index >= 15 is 0 Å². The average Bonchev–Trinajstić information content (AvgIpc) is 2.66. The Kier molecular flexibility index (Phi) is 6.74. The van der Waals surface area contributed by atoms with Gasteiger partial charge in [0, 0.05) is 17.0 Å². The van der Waals surface area contributed by atoms with Gasteiger partial charge in [0.05, 0.1) is 19.8 Å². The summed E-state index contributed by atoms with van der Waals surface area (Å²) in [7, 11) is 2.50. The molecule has 0 aliphatic heterocycles. The van der Waals surface area contributed by atoms with Crippen LogP contribution in [0.2, 0.25) is 5.02 Å². The molecule has 1 atom stereocenters. The molecule has 0 unspecified atom stereocenters.